The number of thioether (sulfide) groups is 1. The van der Waals surface area contributed by atoms with Crippen LogP contribution in [0, 0.1) is 5.82 Å². The summed E-state index contributed by atoms with van der Waals surface area (Å²) in [6.07, 6.45) is 0. The molecular formula is C13H18FN3OS. The fourth-order valence-electron chi connectivity index (χ4n) is 2.01. The molecule has 104 valence electrons. The Morgan fingerprint density at radius 3 is 3.16 bits per heavy atom. The molecule has 0 spiro atoms. The molecule has 0 saturated carbocycles. The number of carbonyl (C=O) groups excluding carboxylic acids is 1. The summed E-state index contributed by atoms with van der Waals surface area (Å²) in [5.74, 6) is 1.39. The van der Waals surface area contributed by atoms with Crippen LogP contribution in [0.1, 0.15) is 6.92 Å². The third-order valence-electron chi connectivity index (χ3n) is 3.12. The van der Waals surface area contributed by atoms with Crippen molar-refractivity contribution < 1.29 is 9.18 Å². The number of carbonyl (C=O) groups is 1. The van der Waals surface area contributed by atoms with E-state index in [9.17, 15) is 9.18 Å². The number of nitrogens with one attached hydrogen (secondary N) is 1. The predicted molar refractivity (Wildman–Crippen MR) is 77.8 cm³/mol. The first-order valence-corrected chi connectivity index (χ1v) is 7.38. The standard InChI is InChI=1S/C13H18FN3OS/c1-9-8-19-5-4-17(9)7-13(18)16-12-6-10(15)2-3-11(12)14/h2-3,6,9H,4-5,7-8,15H2,1H3,(H,16,18). The van der Waals surface area contributed by atoms with Crippen LogP contribution >= 0.6 is 11.8 Å². The number of benzene rings is 1. The predicted octanol–water partition coefficient (Wildman–Crippen LogP) is 1.78. The molecule has 0 bridgehead atoms. The van der Waals surface area contributed by atoms with Gasteiger partial charge in [0.25, 0.3) is 0 Å². The van der Waals surface area contributed by atoms with Gasteiger partial charge in [-0.2, -0.15) is 11.8 Å². The topological polar surface area (TPSA) is 58.4 Å². The van der Waals surface area contributed by atoms with Gasteiger partial charge in [0.1, 0.15) is 5.82 Å². The highest BCUT2D eigenvalue weighted by atomic mass is 32.2. The van der Waals surface area contributed by atoms with E-state index in [4.69, 9.17) is 5.73 Å². The average molecular weight is 283 g/mol. The molecule has 1 aliphatic rings. The highest BCUT2D eigenvalue weighted by Gasteiger charge is 2.21. The Morgan fingerprint density at radius 2 is 2.42 bits per heavy atom. The summed E-state index contributed by atoms with van der Waals surface area (Å²) in [7, 11) is 0. The second-order valence-corrected chi connectivity index (χ2v) is 5.83. The van der Waals surface area contributed by atoms with Crippen molar-refractivity contribution in [3.8, 4) is 0 Å². The second-order valence-electron chi connectivity index (χ2n) is 4.68. The number of rotatable bonds is 3. The Kier molecular flexibility index (Phi) is 4.66. The van der Waals surface area contributed by atoms with Gasteiger partial charge in [0, 0.05) is 29.8 Å². The van der Waals surface area contributed by atoms with E-state index in [1.807, 2.05) is 11.8 Å². The van der Waals surface area contributed by atoms with E-state index in [2.05, 4.69) is 17.1 Å². The van der Waals surface area contributed by atoms with Crippen LogP contribution in [0.4, 0.5) is 15.8 Å². The lowest BCUT2D eigenvalue weighted by Gasteiger charge is -2.32. The van der Waals surface area contributed by atoms with Gasteiger partial charge in [0.15, 0.2) is 0 Å². The van der Waals surface area contributed by atoms with Gasteiger partial charge in [-0.1, -0.05) is 0 Å². The molecule has 0 aromatic heterocycles. The van der Waals surface area contributed by atoms with Crippen molar-refractivity contribution in [3.63, 3.8) is 0 Å². The molecule has 1 aliphatic heterocycles. The number of nitrogen functional groups attached to an aromatic ring is 1. The smallest absolute Gasteiger partial charge is 0.238 e. The summed E-state index contributed by atoms with van der Waals surface area (Å²) >= 11 is 1.89. The lowest BCUT2D eigenvalue weighted by Crippen LogP contribution is -2.44. The molecule has 3 N–H and O–H groups in total. The van der Waals surface area contributed by atoms with Gasteiger partial charge < -0.3 is 11.1 Å². The van der Waals surface area contributed by atoms with Crippen LogP contribution in [-0.4, -0.2) is 41.4 Å². The summed E-state index contributed by atoms with van der Waals surface area (Å²) < 4.78 is 13.5. The maximum atomic E-state index is 13.5. The van der Waals surface area contributed by atoms with Gasteiger partial charge in [0.2, 0.25) is 5.91 Å². The molecule has 1 amide bonds. The number of anilines is 2. The molecule has 1 saturated heterocycles. The van der Waals surface area contributed by atoms with E-state index in [0.717, 1.165) is 18.1 Å². The van der Waals surface area contributed by atoms with Crippen molar-refractivity contribution in [3.05, 3.63) is 24.0 Å². The van der Waals surface area contributed by atoms with E-state index < -0.39 is 5.82 Å². The van der Waals surface area contributed by atoms with Crippen molar-refractivity contribution in [2.45, 2.75) is 13.0 Å². The Bertz CT molecular complexity index is 469. The van der Waals surface area contributed by atoms with Crippen molar-refractivity contribution >= 4 is 29.0 Å². The maximum absolute atomic E-state index is 13.5. The number of halogens is 1. The van der Waals surface area contributed by atoms with E-state index in [1.54, 1.807) is 0 Å². The largest absolute Gasteiger partial charge is 0.399 e. The summed E-state index contributed by atoms with van der Waals surface area (Å²) in [6, 6.07) is 4.53. The molecule has 1 fully saturated rings. The number of hydrogen-bond donors (Lipinski definition) is 2. The second kappa shape index (κ2) is 6.25. The molecule has 1 heterocycles. The molecule has 4 nitrogen and oxygen atoms in total. The quantitative estimate of drug-likeness (QED) is 0.830. The van der Waals surface area contributed by atoms with Crippen LogP contribution < -0.4 is 11.1 Å². The van der Waals surface area contributed by atoms with Crippen molar-refractivity contribution in [2.24, 2.45) is 0 Å². The van der Waals surface area contributed by atoms with Crippen LogP contribution in [0.15, 0.2) is 18.2 Å². The average Bonchev–Trinajstić information content (AvgIpc) is 2.37. The summed E-state index contributed by atoms with van der Waals surface area (Å²) in [6.45, 7) is 3.27. The SMILES string of the molecule is CC1CSCCN1CC(=O)Nc1cc(N)ccc1F. The Labute approximate surface area is 116 Å². The maximum Gasteiger partial charge on any atom is 0.238 e. The Hall–Kier alpha value is -1.27. The number of nitrogens with two attached hydrogens (primary N) is 1. The number of nitrogens with zero attached hydrogens (tertiary/aromatic N) is 1. The third-order valence-corrected chi connectivity index (χ3v) is 4.31. The molecule has 1 unspecified atom stereocenters. The van der Waals surface area contributed by atoms with Crippen molar-refractivity contribution in [1.29, 1.82) is 0 Å². The van der Waals surface area contributed by atoms with Crippen molar-refractivity contribution in [2.75, 3.05) is 35.6 Å². The van der Waals surface area contributed by atoms with E-state index in [0.29, 0.717) is 11.7 Å². The Balaban J connectivity index is 1.95. The summed E-state index contributed by atoms with van der Waals surface area (Å²) in [5.41, 5.74) is 6.15. The molecule has 6 heteroatoms. The van der Waals surface area contributed by atoms with Crippen LogP contribution in [0.2, 0.25) is 0 Å². The lowest BCUT2D eigenvalue weighted by atomic mass is 10.2. The zero-order valence-corrected chi connectivity index (χ0v) is 11.7. The van der Waals surface area contributed by atoms with Gasteiger partial charge in [-0.25, -0.2) is 4.39 Å². The normalized spacial score (nSPS) is 20.2. The van der Waals surface area contributed by atoms with Gasteiger partial charge in [0.05, 0.1) is 12.2 Å². The van der Waals surface area contributed by atoms with Crippen molar-refractivity contribution in [1.82, 2.24) is 4.90 Å². The minimum atomic E-state index is -0.468. The number of amides is 1. The van der Waals surface area contributed by atoms with E-state index in [-0.39, 0.29) is 18.1 Å². The highest BCUT2D eigenvalue weighted by Crippen LogP contribution is 2.18. The fraction of sp³-hybridized carbons (Fsp3) is 0.462. The minimum Gasteiger partial charge on any atom is -0.399 e. The zero-order valence-electron chi connectivity index (χ0n) is 10.9. The van der Waals surface area contributed by atoms with Crippen LogP contribution in [-0.2, 0) is 4.79 Å². The van der Waals surface area contributed by atoms with Gasteiger partial charge in [-0.3, -0.25) is 9.69 Å². The van der Waals surface area contributed by atoms with Gasteiger partial charge in [-0.15, -0.1) is 0 Å². The van der Waals surface area contributed by atoms with Crippen LogP contribution in [0.3, 0.4) is 0 Å². The zero-order chi connectivity index (χ0) is 13.8. The summed E-state index contributed by atoms with van der Waals surface area (Å²) in [5, 5.41) is 2.58. The first kappa shape index (κ1) is 14.1. The van der Waals surface area contributed by atoms with Gasteiger partial charge in [-0.05, 0) is 25.1 Å². The molecule has 19 heavy (non-hydrogen) atoms. The molecule has 0 aliphatic carbocycles. The first-order valence-electron chi connectivity index (χ1n) is 6.23. The minimum absolute atomic E-state index is 0.143. The molecule has 1 aromatic rings. The monoisotopic (exact) mass is 283 g/mol. The molecule has 2 rings (SSSR count). The van der Waals surface area contributed by atoms with E-state index in [1.165, 1.54) is 18.2 Å². The Morgan fingerprint density at radius 1 is 1.63 bits per heavy atom. The van der Waals surface area contributed by atoms with Crippen LogP contribution in [0.5, 0.6) is 0 Å². The third kappa shape index (κ3) is 3.84. The summed E-state index contributed by atoms with van der Waals surface area (Å²) in [4.78, 5) is 14.0. The molecule has 1 aromatic carbocycles. The van der Waals surface area contributed by atoms with Crippen LogP contribution in [0.25, 0.3) is 0 Å². The highest BCUT2D eigenvalue weighted by molar-refractivity contribution is 7.99. The van der Waals surface area contributed by atoms with E-state index >= 15 is 0 Å². The van der Waals surface area contributed by atoms with Gasteiger partial charge >= 0.3 is 0 Å². The molecular weight excluding hydrogens is 265 g/mol. The number of hydrogen-bond acceptors (Lipinski definition) is 4. The molecule has 0 radical (unpaired) electrons. The molecule has 1 atom stereocenters. The lowest BCUT2D eigenvalue weighted by molar-refractivity contribution is -0.117. The first-order chi connectivity index (χ1) is 9.06. The fourth-order valence-corrected chi connectivity index (χ4v) is 3.09.